The lowest BCUT2D eigenvalue weighted by molar-refractivity contribution is 0.282. The average molecular weight is 322 g/mol. The Morgan fingerprint density at radius 1 is 0.833 bits per heavy atom. The predicted octanol–water partition coefficient (Wildman–Crippen LogP) is 5.46. The van der Waals surface area contributed by atoms with Crippen molar-refractivity contribution in [1.29, 1.82) is 0 Å². The Labute approximate surface area is 125 Å². The summed E-state index contributed by atoms with van der Waals surface area (Å²) >= 11 is 24.1. The summed E-state index contributed by atoms with van der Waals surface area (Å²) in [6, 6.07) is 8.39. The summed E-state index contributed by atoms with van der Waals surface area (Å²) in [5.74, 6) is 0. The average Bonchev–Trinajstić information content (AvgIpc) is 2.29. The van der Waals surface area contributed by atoms with Gasteiger partial charge in [-0.1, -0.05) is 52.5 Å². The quantitative estimate of drug-likeness (QED) is 0.778. The van der Waals surface area contributed by atoms with Gasteiger partial charge in [-0.2, -0.15) is 0 Å². The molecule has 0 aromatic heterocycles. The Kier molecular flexibility index (Phi) is 4.41. The normalized spacial score (nSPS) is 10.7. The van der Waals surface area contributed by atoms with Gasteiger partial charge in [0.2, 0.25) is 0 Å². The molecule has 1 N–H and O–H groups in total. The third-order valence-electron chi connectivity index (χ3n) is 2.51. The Morgan fingerprint density at radius 2 is 1.44 bits per heavy atom. The summed E-state index contributed by atoms with van der Waals surface area (Å²) in [6.07, 6.45) is 0. The van der Waals surface area contributed by atoms with Gasteiger partial charge in [0.25, 0.3) is 0 Å². The number of aliphatic hydroxyl groups is 1. The Bertz CT molecular complexity index is 573. The number of rotatable bonds is 2. The molecule has 0 unspecified atom stereocenters. The molecule has 1 nitrogen and oxygen atoms in total. The Morgan fingerprint density at radius 3 is 2.00 bits per heavy atom. The van der Waals surface area contributed by atoms with Gasteiger partial charge >= 0.3 is 0 Å². The van der Waals surface area contributed by atoms with Crippen molar-refractivity contribution in [3.8, 4) is 11.1 Å². The van der Waals surface area contributed by atoms with E-state index in [1.54, 1.807) is 30.3 Å². The van der Waals surface area contributed by atoms with Crippen molar-refractivity contribution in [1.82, 2.24) is 0 Å². The zero-order chi connectivity index (χ0) is 13.3. The second-order valence-corrected chi connectivity index (χ2v) is 5.39. The highest BCUT2D eigenvalue weighted by Gasteiger charge is 2.13. The van der Waals surface area contributed by atoms with E-state index in [0.717, 1.165) is 5.56 Å². The van der Waals surface area contributed by atoms with Crippen molar-refractivity contribution in [3.05, 3.63) is 56.0 Å². The van der Waals surface area contributed by atoms with Crippen LogP contribution in [-0.4, -0.2) is 5.11 Å². The van der Waals surface area contributed by atoms with E-state index >= 15 is 0 Å². The van der Waals surface area contributed by atoms with E-state index in [-0.39, 0.29) is 6.61 Å². The molecule has 5 heteroatoms. The lowest BCUT2D eigenvalue weighted by Gasteiger charge is -2.12. The van der Waals surface area contributed by atoms with E-state index in [1.807, 2.05) is 0 Å². The molecule has 0 saturated heterocycles. The van der Waals surface area contributed by atoms with Crippen LogP contribution in [0.5, 0.6) is 0 Å². The highest BCUT2D eigenvalue weighted by atomic mass is 35.5. The van der Waals surface area contributed by atoms with Gasteiger partial charge in [-0.05, 0) is 35.4 Å². The molecule has 0 bridgehead atoms. The molecule has 0 amide bonds. The third-order valence-corrected chi connectivity index (χ3v) is 3.56. The molecule has 0 radical (unpaired) electrons. The number of aliphatic hydroxyl groups excluding tert-OH is 1. The molecule has 0 saturated carbocycles. The summed E-state index contributed by atoms with van der Waals surface area (Å²) < 4.78 is 0. The van der Waals surface area contributed by atoms with Gasteiger partial charge in [0.15, 0.2) is 0 Å². The number of hydrogen-bond donors (Lipinski definition) is 1. The van der Waals surface area contributed by atoms with Crippen LogP contribution in [0, 0.1) is 0 Å². The lowest BCUT2D eigenvalue weighted by Crippen LogP contribution is -1.91. The van der Waals surface area contributed by atoms with Crippen LogP contribution in [0.1, 0.15) is 5.56 Å². The van der Waals surface area contributed by atoms with Crippen LogP contribution in [-0.2, 0) is 6.61 Å². The SMILES string of the molecule is OCc1cc(Cl)ccc1-c1c(Cl)cc(Cl)cc1Cl. The first-order valence-electron chi connectivity index (χ1n) is 5.07. The number of halogens is 4. The van der Waals surface area contributed by atoms with Gasteiger partial charge in [-0.15, -0.1) is 0 Å². The molecule has 2 aromatic rings. The second kappa shape index (κ2) is 5.68. The summed E-state index contributed by atoms with van der Waals surface area (Å²) in [5.41, 5.74) is 2.05. The Balaban J connectivity index is 2.69. The maximum Gasteiger partial charge on any atom is 0.0688 e. The van der Waals surface area contributed by atoms with Crippen LogP contribution in [0.3, 0.4) is 0 Å². The van der Waals surface area contributed by atoms with Gasteiger partial charge in [0.05, 0.1) is 16.7 Å². The topological polar surface area (TPSA) is 20.2 Å². The molecule has 2 aromatic carbocycles. The highest BCUT2D eigenvalue weighted by Crippen LogP contribution is 2.39. The fourth-order valence-electron chi connectivity index (χ4n) is 1.74. The monoisotopic (exact) mass is 320 g/mol. The smallest absolute Gasteiger partial charge is 0.0688 e. The van der Waals surface area contributed by atoms with E-state index in [4.69, 9.17) is 46.4 Å². The van der Waals surface area contributed by atoms with Crippen LogP contribution < -0.4 is 0 Å². The molecule has 2 rings (SSSR count). The second-order valence-electron chi connectivity index (χ2n) is 3.70. The maximum absolute atomic E-state index is 9.37. The van der Waals surface area contributed by atoms with Gasteiger partial charge in [0, 0.05) is 15.6 Å². The third kappa shape index (κ3) is 2.76. The van der Waals surface area contributed by atoms with Crippen LogP contribution in [0.25, 0.3) is 11.1 Å². The van der Waals surface area contributed by atoms with E-state index in [2.05, 4.69) is 0 Å². The van der Waals surface area contributed by atoms with Crippen molar-refractivity contribution in [2.75, 3.05) is 0 Å². The summed E-state index contributed by atoms with van der Waals surface area (Å²) in [7, 11) is 0. The molecule has 18 heavy (non-hydrogen) atoms. The summed E-state index contributed by atoms with van der Waals surface area (Å²) in [4.78, 5) is 0. The molecular weight excluding hydrogens is 314 g/mol. The molecule has 0 spiro atoms. The van der Waals surface area contributed by atoms with Crippen LogP contribution >= 0.6 is 46.4 Å². The lowest BCUT2D eigenvalue weighted by atomic mass is 10.00. The number of benzene rings is 2. The Hall–Kier alpha value is -0.440. The molecule has 0 aliphatic rings. The highest BCUT2D eigenvalue weighted by molar-refractivity contribution is 6.42. The fraction of sp³-hybridized carbons (Fsp3) is 0.0769. The van der Waals surface area contributed by atoms with Gasteiger partial charge in [0.1, 0.15) is 0 Å². The minimum Gasteiger partial charge on any atom is -0.392 e. The molecule has 0 atom stereocenters. The summed E-state index contributed by atoms with van der Waals surface area (Å²) in [5, 5.41) is 11.3. The van der Waals surface area contributed by atoms with Crippen molar-refractivity contribution >= 4 is 46.4 Å². The van der Waals surface area contributed by atoms with Crippen LogP contribution in [0.2, 0.25) is 20.1 Å². The maximum atomic E-state index is 9.37. The number of hydrogen-bond acceptors (Lipinski definition) is 1. The summed E-state index contributed by atoms with van der Waals surface area (Å²) in [6.45, 7) is -0.148. The van der Waals surface area contributed by atoms with Crippen molar-refractivity contribution in [2.24, 2.45) is 0 Å². The van der Waals surface area contributed by atoms with Gasteiger partial charge in [-0.3, -0.25) is 0 Å². The largest absolute Gasteiger partial charge is 0.392 e. The van der Waals surface area contributed by atoms with E-state index in [1.165, 1.54) is 0 Å². The van der Waals surface area contributed by atoms with Gasteiger partial charge in [-0.25, -0.2) is 0 Å². The molecule has 0 aliphatic heterocycles. The van der Waals surface area contributed by atoms with E-state index < -0.39 is 0 Å². The van der Waals surface area contributed by atoms with Crippen molar-refractivity contribution in [2.45, 2.75) is 6.61 Å². The van der Waals surface area contributed by atoms with Crippen molar-refractivity contribution < 1.29 is 5.11 Å². The van der Waals surface area contributed by atoms with Crippen molar-refractivity contribution in [3.63, 3.8) is 0 Å². The molecular formula is C13H8Cl4O. The zero-order valence-corrected chi connectivity index (χ0v) is 12.1. The van der Waals surface area contributed by atoms with Crippen LogP contribution in [0.4, 0.5) is 0 Å². The minimum absolute atomic E-state index is 0.148. The van der Waals surface area contributed by atoms with Crippen LogP contribution in [0.15, 0.2) is 30.3 Å². The first-order chi connectivity index (χ1) is 8.52. The van der Waals surface area contributed by atoms with E-state index in [9.17, 15) is 5.11 Å². The van der Waals surface area contributed by atoms with E-state index in [0.29, 0.717) is 31.2 Å². The minimum atomic E-state index is -0.148. The zero-order valence-electron chi connectivity index (χ0n) is 9.05. The molecule has 0 aliphatic carbocycles. The first kappa shape index (κ1) is 14.0. The van der Waals surface area contributed by atoms with Gasteiger partial charge < -0.3 is 5.11 Å². The molecule has 0 heterocycles. The molecule has 0 fully saturated rings. The molecule has 94 valence electrons. The standard InChI is InChI=1S/C13H8Cl4O/c14-8-1-2-10(7(3-8)6-18)13-11(16)4-9(15)5-12(13)17/h1-5,18H,6H2. The first-order valence-corrected chi connectivity index (χ1v) is 6.58. The predicted molar refractivity (Wildman–Crippen MR) is 77.8 cm³/mol. The fourth-order valence-corrected chi connectivity index (χ4v) is 2.95.